The van der Waals surface area contributed by atoms with Crippen molar-refractivity contribution in [1.82, 2.24) is 0 Å². The first-order chi connectivity index (χ1) is 22.0. The van der Waals surface area contributed by atoms with Crippen LogP contribution in [0.15, 0.2) is 146 Å². The molecule has 0 radical (unpaired) electrons. The number of rotatable bonds is 8. The topological polar surface area (TPSA) is 190 Å². The first kappa shape index (κ1) is 30.5. The first-order valence-corrected chi connectivity index (χ1v) is 16.4. The van der Waals surface area contributed by atoms with Crippen LogP contribution in [0.5, 0.6) is 5.75 Å². The molecule has 0 atom stereocenters. The SMILES string of the molecule is O=S(=O)(O)c1cc(N=Nc2ccc(N=Nc3cc(S(=O)(=O)O)c4ccccc4c3O)c3ccccc23)ccc1Nc1ccccc1. The number of azo groups is 2. The van der Waals surface area contributed by atoms with E-state index < -0.39 is 25.1 Å². The van der Waals surface area contributed by atoms with Crippen LogP contribution in [-0.2, 0) is 20.2 Å². The van der Waals surface area contributed by atoms with Gasteiger partial charge in [-0.1, -0.05) is 66.7 Å². The molecule has 0 aliphatic heterocycles. The molecule has 0 saturated heterocycles. The Balaban J connectivity index is 1.35. The van der Waals surface area contributed by atoms with Crippen LogP contribution in [0.25, 0.3) is 21.5 Å². The zero-order valence-corrected chi connectivity index (χ0v) is 25.2. The molecular formula is C32H23N5O7S2. The highest BCUT2D eigenvalue weighted by Gasteiger charge is 2.20. The molecule has 6 rings (SSSR count). The number of phenols is 1. The minimum atomic E-state index is -4.64. The lowest BCUT2D eigenvalue weighted by atomic mass is 10.1. The molecule has 0 aromatic heterocycles. The smallest absolute Gasteiger partial charge is 0.296 e. The molecule has 0 spiro atoms. The minimum Gasteiger partial charge on any atom is -0.505 e. The molecule has 0 unspecified atom stereocenters. The second kappa shape index (κ2) is 12.1. The van der Waals surface area contributed by atoms with Crippen LogP contribution in [0.4, 0.5) is 34.1 Å². The van der Waals surface area contributed by atoms with Crippen molar-refractivity contribution in [1.29, 1.82) is 0 Å². The Labute approximate surface area is 262 Å². The summed E-state index contributed by atoms with van der Waals surface area (Å²) in [4.78, 5) is -0.793. The Morgan fingerprint density at radius 1 is 0.500 bits per heavy atom. The van der Waals surface area contributed by atoms with Crippen molar-refractivity contribution in [3.63, 3.8) is 0 Å². The van der Waals surface area contributed by atoms with E-state index in [0.717, 1.165) is 6.07 Å². The van der Waals surface area contributed by atoms with Crippen LogP contribution in [0.3, 0.4) is 0 Å². The molecule has 0 saturated carbocycles. The van der Waals surface area contributed by atoms with E-state index in [0.29, 0.717) is 27.8 Å². The number of benzene rings is 6. The van der Waals surface area contributed by atoms with Gasteiger partial charge < -0.3 is 10.4 Å². The molecule has 14 heteroatoms. The molecule has 0 fully saturated rings. The van der Waals surface area contributed by atoms with Gasteiger partial charge >= 0.3 is 0 Å². The van der Waals surface area contributed by atoms with Gasteiger partial charge in [0.15, 0.2) is 5.75 Å². The van der Waals surface area contributed by atoms with Crippen LogP contribution >= 0.6 is 0 Å². The van der Waals surface area contributed by atoms with Gasteiger partial charge in [-0.15, -0.1) is 15.3 Å². The van der Waals surface area contributed by atoms with Gasteiger partial charge in [-0.2, -0.15) is 21.9 Å². The van der Waals surface area contributed by atoms with E-state index >= 15 is 0 Å². The highest BCUT2D eigenvalue weighted by molar-refractivity contribution is 7.86. The maximum absolute atomic E-state index is 12.2. The van der Waals surface area contributed by atoms with Crippen LogP contribution < -0.4 is 5.32 Å². The second-order valence-electron chi connectivity index (χ2n) is 9.96. The van der Waals surface area contributed by atoms with Crippen LogP contribution in [0.2, 0.25) is 0 Å². The summed E-state index contributed by atoms with van der Waals surface area (Å²) < 4.78 is 68.1. The third-order valence-electron chi connectivity index (χ3n) is 6.95. The Morgan fingerprint density at radius 2 is 1.02 bits per heavy atom. The van der Waals surface area contributed by atoms with Gasteiger partial charge in [0.25, 0.3) is 20.2 Å². The summed E-state index contributed by atoms with van der Waals surface area (Å²) >= 11 is 0. The van der Waals surface area contributed by atoms with Gasteiger partial charge in [0, 0.05) is 27.2 Å². The Morgan fingerprint density at radius 3 is 1.63 bits per heavy atom. The van der Waals surface area contributed by atoms with Crippen molar-refractivity contribution < 1.29 is 31.0 Å². The average Bonchev–Trinajstić information content (AvgIpc) is 3.04. The summed E-state index contributed by atoms with van der Waals surface area (Å²) in [5.41, 5.74) is 1.56. The number of hydrogen-bond acceptors (Lipinski definition) is 10. The molecule has 0 amide bonds. The number of nitrogens with zero attached hydrogens (tertiary/aromatic N) is 4. The summed E-state index contributed by atoms with van der Waals surface area (Å²) in [7, 11) is -9.24. The number of nitrogens with one attached hydrogen (secondary N) is 1. The number of fused-ring (bicyclic) bond motifs is 2. The zero-order valence-electron chi connectivity index (χ0n) is 23.5. The second-order valence-corrected chi connectivity index (χ2v) is 12.7. The van der Waals surface area contributed by atoms with Gasteiger partial charge in [-0.05, 0) is 48.5 Å². The fraction of sp³-hybridized carbons (Fsp3) is 0. The molecular weight excluding hydrogens is 631 g/mol. The molecule has 6 aromatic rings. The number of aromatic hydroxyl groups is 1. The van der Waals surface area contributed by atoms with E-state index in [-0.39, 0.29) is 38.5 Å². The van der Waals surface area contributed by atoms with E-state index in [2.05, 4.69) is 25.8 Å². The van der Waals surface area contributed by atoms with Crippen molar-refractivity contribution in [3.8, 4) is 5.75 Å². The van der Waals surface area contributed by atoms with Crippen molar-refractivity contribution in [2.75, 3.05) is 5.32 Å². The summed E-state index contributed by atoms with van der Waals surface area (Å²) in [6, 6.07) is 30.5. The quantitative estimate of drug-likeness (QED) is 0.0925. The molecule has 0 bridgehead atoms. The van der Waals surface area contributed by atoms with Gasteiger partial charge in [0.2, 0.25) is 0 Å². The van der Waals surface area contributed by atoms with Crippen molar-refractivity contribution in [2.24, 2.45) is 20.5 Å². The summed E-state index contributed by atoms with van der Waals surface area (Å²) in [6.45, 7) is 0. The molecule has 0 aliphatic rings. The number of para-hydroxylation sites is 1. The lowest BCUT2D eigenvalue weighted by molar-refractivity contribution is 0.478. The number of hydrogen-bond donors (Lipinski definition) is 4. The standard InChI is InChI=1S/C32H23N5O7S2/c38-32-25-13-7-6-12-24(25)30(45(39,40)41)19-29(32)37-36-27-17-16-26(22-10-4-5-11-23(22)27)35-34-21-14-15-28(31(18-21)46(42,43)44)33-20-8-2-1-3-9-20/h1-19,33,38H,(H,39,40,41)(H,42,43,44). The van der Waals surface area contributed by atoms with E-state index in [1.807, 2.05) is 6.07 Å². The maximum Gasteiger partial charge on any atom is 0.296 e. The van der Waals surface area contributed by atoms with Crippen molar-refractivity contribution >= 4 is 75.9 Å². The lowest BCUT2D eigenvalue weighted by Crippen LogP contribution is -2.03. The summed E-state index contributed by atoms with van der Waals surface area (Å²) in [5.74, 6) is -0.310. The largest absolute Gasteiger partial charge is 0.505 e. The predicted molar refractivity (Wildman–Crippen MR) is 174 cm³/mol. The van der Waals surface area contributed by atoms with Crippen LogP contribution in [-0.4, -0.2) is 31.0 Å². The monoisotopic (exact) mass is 653 g/mol. The molecule has 46 heavy (non-hydrogen) atoms. The normalized spacial score (nSPS) is 12.4. The Hall–Kier alpha value is -5.54. The Bertz CT molecular complexity index is 2420. The third-order valence-corrected chi connectivity index (χ3v) is 8.74. The number of phenolic OH excluding ortho intramolecular Hbond substituents is 1. The fourth-order valence-corrected chi connectivity index (χ4v) is 6.21. The van der Waals surface area contributed by atoms with E-state index in [9.17, 15) is 31.0 Å². The molecule has 230 valence electrons. The average molecular weight is 654 g/mol. The maximum atomic E-state index is 12.2. The zero-order chi connectivity index (χ0) is 32.5. The predicted octanol–water partition coefficient (Wildman–Crippen LogP) is 8.77. The molecule has 4 N–H and O–H groups in total. The minimum absolute atomic E-state index is 0.132. The molecule has 0 aliphatic carbocycles. The molecule has 0 heterocycles. The van der Waals surface area contributed by atoms with Crippen molar-refractivity contribution in [2.45, 2.75) is 9.79 Å². The molecule has 12 nitrogen and oxygen atoms in total. The van der Waals surface area contributed by atoms with E-state index in [1.165, 1.54) is 24.3 Å². The Kier molecular flexibility index (Phi) is 8.02. The highest BCUT2D eigenvalue weighted by atomic mass is 32.2. The highest BCUT2D eigenvalue weighted by Crippen LogP contribution is 2.41. The third kappa shape index (κ3) is 6.31. The van der Waals surface area contributed by atoms with Gasteiger partial charge in [-0.25, -0.2) is 0 Å². The summed E-state index contributed by atoms with van der Waals surface area (Å²) in [6.07, 6.45) is 0. The van der Waals surface area contributed by atoms with E-state index in [4.69, 9.17) is 0 Å². The van der Waals surface area contributed by atoms with E-state index in [1.54, 1.807) is 78.9 Å². The van der Waals surface area contributed by atoms with Crippen LogP contribution in [0, 0.1) is 0 Å². The number of anilines is 2. The fourth-order valence-electron chi connectivity index (χ4n) is 4.83. The van der Waals surface area contributed by atoms with Gasteiger partial charge in [0.05, 0.1) is 22.7 Å². The van der Waals surface area contributed by atoms with Gasteiger partial charge in [0.1, 0.15) is 15.5 Å². The van der Waals surface area contributed by atoms with Crippen molar-refractivity contribution in [3.05, 3.63) is 115 Å². The van der Waals surface area contributed by atoms with Crippen LogP contribution in [0.1, 0.15) is 0 Å². The van der Waals surface area contributed by atoms with Gasteiger partial charge in [-0.3, -0.25) is 9.11 Å². The lowest BCUT2D eigenvalue weighted by Gasteiger charge is -2.11. The molecule has 6 aromatic carbocycles. The summed E-state index contributed by atoms with van der Waals surface area (Å²) in [5, 5.41) is 32.1. The first-order valence-electron chi connectivity index (χ1n) is 13.5.